The molecule has 0 unspecified atom stereocenters. The standard InChI is InChI=1S/C26H33N3O6S/c1-19(30)35-26(2,3)25(31)28-15-13-27(14-16-28)23-17-22(9-10-24(23)34-4)36(32,33)29-12-11-20-7-5-6-8-21(20)18-29/h5-10,17H,11-16,18H2,1-4H3. The number of rotatable bonds is 6. The van der Waals surface area contributed by atoms with E-state index in [1.54, 1.807) is 44.1 Å². The van der Waals surface area contributed by atoms with Crippen LogP contribution in [0.1, 0.15) is 31.9 Å². The molecule has 0 atom stereocenters. The van der Waals surface area contributed by atoms with Crippen LogP contribution in [-0.4, -0.2) is 74.9 Å². The fourth-order valence-corrected chi connectivity index (χ4v) is 6.28. The lowest BCUT2D eigenvalue weighted by molar-refractivity contribution is -0.168. The summed E-state index contributed by atoms with van der Waals surface area (Å²) in [7, 11) is -2.16. The molecule has 0 N–H and O–H groups in total. The molecule has 10 heteroatoms. The predicted octanol–water partition coefficient (Wildman–Crippen LogP) is 2.43. The first-order chi connectivity index (χ1) is 17.0. The normalized spacial score (nSPS) is 16.9. The van der Waals surface area contributed by atoms with Crippen molar-refractivity contribution in [2.75, 3.05) is 44.7 Å². The average Bonchev–Trinajstić information content (AvgIpc) is 2.87. The van der Waals surface area contributed by atoms with Crippen LogP contribution in [0.15, 0.2) is 47.4 Å². The van der Waals surface area contributed by atoms with E-state index in [4.69, 9.17) is 9.47 Å². The molecule has 4 rings (SSSR count). The van der Waals surface area contributed by atoms with Gasteiger partial charge in [-0.05, 0) is 49.6 Å². The van der Waals surface area contributed by atoms with Gasteiger partial charge in [0, 0.05) is 46.2 Å². The van der Waals surface area contributed by atoms with E-state index in [2.05, 4.69) is 0 Å². The van der Waals surface area contributed by atoms with Gasteiger partial charge in [0.25, 0.3) is 5.91 Å². The Morgan fingerprint density at radius 2 is 1.61 bits per heavy atom. The molecule has 0 saturated carbocycles. The van der Waals surface area contributed by atoms with E-state index in [9.17, 15) is 18.0 Å². The van der Waals surface area contributed by atoms with Crippen molar-refractivity contribution in [3.8, 4) is 5.75 Å². The Bertz CT molecular complexity index is 1250. The second kappa shape index (κ2) is 10.1. The summed E-state index contributed by atoms with van der Waals surface area (Å²) in [6, 6.07) is 12.8. The molecule has 36 heavy (non-hydrogen) atoms. The van der Waals surface area contributed by atoms with E-state index in [0.29, 0.717) is 57.1 Å². The highest BCUT2D eigenvalue weighted by molar-refractivity contribution is 7.89. The third kappa shape index (κ3) is 5.19. The molecule has 2 aromatic carbocycles. The number of hydrogen-bond acceptors (Lipinski definition) is 7. The molecule has 194 valence electrons. The zero-order valence-electron chi connectivity index (χ0n) is 21.2. The number of carbonyl (C=O) groups excluding carboxylic acids is 2. The van der Waals surface area contributed by atoms with E-state index < -0.39 is 21.6 Å². The van der Waals surface area contributed by atoms with Crippen molar-refractivity contribution < 1.29 is 27.5 Å². The van der Waals surface area contributed by atoms with Crippen LogP contribution in [0.3, 0.4) is 0 Å². The molecule has 1 fully saturated rings. The molecule has 1 saturated heterocycles. The summed E-state index contributed by atoms with van der Waals surface area (Å²) in [5.74, 6) is -0.198. The molecule has 0 spiro atoms. The highest BCUT2D eigenvalue weighted by atomic mass is 32.2. The molecule has 1 amide bonds. The van der Waals surface area contributed by atoms with Crippen LogP contribution in [0.2, 0.25) is 0 Å². The smallest absolute Gasteiger partial charge is 0.303 e. The Morgan fingerprint density at radius 1 is 0.944 bits per heavy atom. The molecule has 2 aliphatic heterocycles. The van der Waals surface area contributed by atoms with Gasteiger partial charge in [0.15, 0.2) is 5.60 Å². The van der Waals surface area contributed by atoms with Crippen LogP contribution in [-0.2, 0) is 37.3 Å². The minimum absolute atomic E-state index is 0.215. The van der Waals surface area contributed by atoms with Crippen molar-refractivity contribution in [2.24, 2.45) is 0 Å². The Hall–Kier alpha value is -3.11. The second-order valence-corrected chi connectivity index (χ2v) is 11.5. The maximum Gasteiger partial charge on any atom is 0.303 e. The lowest BCUT2D eigenvalue weighted by Gasteiger charge is -2.39. The van der Waals surface area contributed by atoms with Gasteiger partial charge in [0.1, 0.15) is 5.75 Å². The molecule has 2 aliphatic rings. The van der Waals surface area contributed by atoms with Gasteiger partial charge in [0.2, 0.25) is 10.0 Å². The summed E-state index contributed by atoms with van der Waals surface area (Å²) in [6.07, 6.45) is 0.679. The van der Waals surface area contributed by atoms with Gasteiger partial charge in [-0.2, -0.15) is 4.31 Å². The highest BCUT2D eigenvalue weighted by Gasteiger charge is 2.37. The quantitative estimate of drug-likeness (QED) is 0.545. The predicted molar refractivity (Wildman–Crippen MR) is 135 cm³/mol. The summed E-state index contributed by atoms with van der Waals surface area (Å²) < 4.78 is 39.4. The Morgan fingerprint density at radius 3 is 2.25 bits per heavy atom. The molecule has 2 heterocycles. The maximum absolute atomic E-state index is 13.5. The summed E-state index contributed by atoms with van der Waals surface area (Å²) in [5.41, 5.74) is 1.64. The van der Waals surface area contributed by atoms with E-state index in [1.807, 2.05) is 29.2 Å². The third-order valence-electron chi connectivity index (χ3n) is 6.71. The van der Waals surface area contributed by atoms with E-state index in [-0.39, 0.29) is 10.8 Å². The van der Waals surface area contributed by atoms with Crippen LogP contribution >= 0.6 is 0 Å². The van der Waals surface area contributed by atoms with Gasteiger partial charge in [-0.25, -0.2) is 8.42 Å². The van der Waals surface area contributed by atoms with Crippen molar-refractivity contribution in [2.45, 2.75) is 44.2 Å². The zero-order chi connectivity index (χ0) is 26.1. The van der Waals surface area contributed by atoms with Gasteiger partial charge in [0.05, 0.1) is 17.7 Å². The first-order valence-electron chi connectivity index (χ1n) is 12.0. The summed E-state index contributed by atoms with van der Waals surface area (Å²) in [5, 5.41) is 0. The molecule has 2 aromatic rings. The van der Waals surface area contributed by atoms with Gasteiger partial charge >= 0.3 is 5.97 Å². The molecule has 0 aromatic heterocycles. The van der Waals surface area contributed by atoms with Crippen molar-refractivity contribution >= 4 is 27.6 Å². The number of esters is 1. The fraction of sp³-hybridized carbons (Fsp3) is 0.462. The maximum atomic E-state index is 13.5. The number of sulfonamides is 1. The number of anilines is 1. The lowest BCUT2D eigenvalue weighted by Crippen LogP contribution is -2.55. The van der Waals surface area contributed by atoms with E-state index >= 15 is 0 Å². The van der Waals surface area contributed by atoms with Gasteiger partial charge in [-0.1, -0.05) is 24.3 Å². The first kappa shape index (κ1) is 26.0. The minimum atomic E-state index is -3.71. The van der Waals surface area contributed by atoms with Crippen LogP contribution in [0, 0.1) is 0 Å². The van der Waals surface area contributed by atoms with Crippen molar-refractivity contribution in [1.29, 1.82) is 0 Å². The number of amides is 1. The third-order valence-corrected chi connectivity index (χ3v) is 8.55. The topological polar surface area (TPSA) is 96.5 Å². The monoisotopic (exact) mass is 515 g/mol. The number of benzene rings is 2. The number of piperazine rings is 1. The minimum Gasteiger partial charge on any atom is -0.495 e. The van der Waals surface area contributed by atoms with Gasteiger partial charge in [-0.3, -0.25) is 9.59 Å². The van der Waals surface area contributed by atoms with E-state index in [0.717, 1.165) is 5.56 Å². The van der Waals surface area contributed by atoms with Gasteiger partial charge in [-0.15, -0.1) is 0 Å². The molecule has 0 radical (unpaired) electrons. The largest absolute Gasteiger partial charge is 0.495 e. The molecular formula is C26H33N3O6S. The number of ether oxygens (including phenoxy) is 2. The summed E-state index contributed by atoms with van der Waals surface area (Å²) >= 11 is 0. The van der Waals surface area contributed by atoms with Crippen molar-refractivity contribution in [1.82, 2.24) is 9.21 Å². The SMILES string of the molecule is COc1ccc(S(=O)(=O)N2CCc3ccccc3C2)cc1N1CCN(C(=O)C(C)(C)OC(C)=O)CC1. The highest BCUT2D eigenvalue weighted by Crippen LogP contribution is 2.34. The van der Waals surface area contributed by atoms with Crippen LogP contribution in [0.5, 0.6) is 5.75 Å². The second-order valence-electron chi connectivity index (χ2n) is 9.57. The molecule has 0 aliphatic carbocycles. The average molecular weight is 516 g/mol. The molecule has 9 nitrogen and oxygen atoms in total. The van der Waals surface area contributed by atoms with Crippen molar-refractivity contribution in [3.63, 3.8) is 0 Å². The van der Waals surface area contributed by atoms with Crippen LogP contribution < -0.4 is 9.64 Å². The fourth-order valence-electron chi connectivity index (χ4n) is 4.84. The summed E-state index contributed by atoms with van der Waals surface area (Å²) in [4.78, 5) is 28.2. The molecular weight excluding hydrogens is 482 g/mol. The first-order valence-corrected chi connectivity index (χ1v) is 13.5. The number of fused-ring (bicyclic) bond motifs is 1. The van der Waals surface area contributed by atoms with Crippen LogP contribution in [0.4, 0.5) is 5.69 Å². The Kier molecular flexibility index (Phi) is 7.28. The number of hydrogen-bond donors (Lipinski definition) is 0. The number of methoxy groups -OCH3 is 1. The van der Waals surface area contributed by atoms with Gasteiger partial charge < -0.3 is 19.3 Å². The van der Waals surface area contributed by atoms with Crippen LogP contribution in [0.25, 0.3) is 0 Å². The Labute approximate surface area is 212 Å². The van der Waals surface area contributed by atoms with Crippen molar-refractivity contribution in [3.05, 3.63) is 53.6 Å². The number of carbonyl (C=O) groups is 2. The lowest BCUT2D eigenvalue weighted by atomic mass is 10.0. The molecule has 0 bridgehead atoms. The number of nitrogens with zero attached hydrogens (tertiary/aromatic N) is 3. The Balaban J connectivity index is 1.52. The van der Waals surface area contributed by atoms with E-state index in [1.165, 1.54) is 16.8 Å². The summed E-state index contributed by atoms with van der Waals surface area (Å²) in [6.45, 7) is 7.01. The zero-order valence-corrected chi connectivity index (χ0v) is 22.0.